The highest BCUT2D eigenvalue weighted by molar-refractivity contribution is 5.97. The molecule has 0 saturated heterocycles. The Hall–Kier alpha value is -1.51. The molecule has 26 heavy (non-hydrogen) atoms. The summed E-state index contributed by atoms with van der Waals surface area (Å²) < 4.78 is 5.72. The predicted molar refractivity (Wildman–Crippen MR) is 104 cm³/mol. The molecular weight excluding hydrogens is 322 g/mol. The third-order valence-corrected chi connectivity index (χ3v) is 7.09. The van der Waals surface area contributed by atoms with Gasteiger partial charge in [0, 0.05) is 13.1 Å². The van der Waals surface area contributed by atoms with Crippen molar-refractivity contribution >= 4 is 5.91 Å². The summed E-state index contributed by atoms with van der Waals surface area (Å²) in [5, 5.41) is 0. The Morgan fingerprint density at radius 2 is 1.73 bits per heavy atom. The largest absolute Gasteiger partial charge is 0.493 e. The monoisotopic (exact) mass is 355 g/mol. The Balaban J connectivity index is 1.55. The lowest BCUT2D eigenvalue weighted by molar-refractivity contribution is 0.00563. The van der Waals surface area contributed by atoms with Gasteiger partial charge in [0.2, 0.25) is 0 Å². The molecule has 1 amide bonds. The standard InChI is InChI=1S/C23H33NO2/c1-3-24(22(25)20-7-5-6-8-21(20)26-4-2)16-23-13-17-9-10-18(14-23)12-19(11-17)15-23/h5-8,17-19H,3-4,9-16H2,1-2H3/t17-,18-,19?,23?/m1/s1. The second-order valence-electron chi connectivity index (χ2n) is 9.01. The van der Waals surface area contributed by atoms with Crippen LogP contribution in [0.25, 0.3) is 0 Å². The normalized spacial score (nSPS) is 32.3. The number of carbonyl (C=O) groups excluding carboxylic acids is 1. The molecule has 4 bridgehead atoms. The van der Waals surface area contributed by atoms with Crippen molar-refractivity contribution < 1.29 is 9.53 Å². The minimum atomic E-state index is 0.144. The fourth-order valence-corrected chi connectivity index (χ4v) is 6.39. The molecule has 3 nitrogen and oxygen atoms in total. The number of hydrogen-bond donors (Lipinski definition) is 0. The molecule has 0 unspecified atom stereocenters. The highest BCUT2D eigenvalue weighted by atomic mass is 16.5. The average Bonchev–Trinajstić information content (AvgIpc) is 2.85. The number of rotatable bonds is 6. The van der Waals surface area contributed by atoms with Crippen LogP contribution in [0, 0.1) is 23.2 Å². The molecule has 4 saturated carbocycles. The molecular formula is C23H33NO2. The summed E-state index contributed by atoms with van der Waals surface area (Å²) in [4.78, 5) is 15.4. The highest BCUT2D eigenvalue weighted by Crippen LogP contribution is 2.58. The van der Waals surface area contributed by atoms with Crippen LogP contribution in [-0.4, -0.2) is 30.5 Å². The smallest absolute Gasteiger partial charge is 0.257 e. The van der Waals surface area contributed by atoms with E-state index >= 15 is 0 Å². The van der Waals surface area contributed by atoms with Gasteiger partial charge in [-0.1, -0.05) is 25.0 Å². The zero-order chi connectivity index (χ0) is 18.1. The third kappa shape index (κ3) is 3.37. The number of para-hydroxylation sites is 1. The van der Waals surface area contributed by atoms with Gasteiger partial charge in [0.25, 0.3) is 5.91 Å². The van der Waals surface area contributed by atoms with Crippen molar-refractivity contribution in [2.75, 3.05) is 19.7 Å². The minimum Gasteiger partial charge on any atom is -0.493 e. The lowest BCUT2D eigenvalue weighted by atomic mass is 9.58. The number of amides is 1. The lowest BCUT2D eigenvalue weighted by Crippen LogP contribution is -2.47. The van der Waals surface area contributed by atoms with Crippen LogP contribution >= 0.6 is 0 Å². The quantitative estimate of drug-likeness (QED) is 0.706. The predicted octanol–water partition coefficient (Wildman–Crippen LogP) is 5.15. The van der Waals surface area contributed by atoms with Crippen molar-refractivity contribution in [1.82, 2.24) is 4.90 Å². The fraction of sp³-hybridized carbons (Fsp3) is 0.696. The number of benzene rings is 1. The number of ether oxygens (including phenoxy) is 1. The third-order valence-electron chi connectivity index (χ3n) is 7.09. The van der Waals surface area contributed by atoms with Crippen molar-refractivity contribution in [2.24, 2.45) is 23.2 Å². The molecule has 0 aromatic heterocycles. The molecule has 142 valence electrons. The molecule has 0 spiro atoms. The van der Waals surface area contributed by atoms with Crippen LogP contribution in [-0.2, 0) is 0 Å². The second-order valence-corrected chi connectivity index (χ2v) is 9.01. The van der Waals surface area contributed by atoms with Gasteiger partial charge in [-0.05, 0) is 81.3 Å². The fourth-order valence-electron chi connectivity index (χ4n) is 6.39. The van der Waals surface area contributed by atoms with Crippen molar-refractivity contribution in [3.8, 4) is 5.75 Å². The van der Waals surface area contributed by atoms with Crippen molar-refractivity contribution in [3.63, 3.8) is 0 Å². The van der Waals surface area contributed by atoms with Crippen LogP contribution in [0.1, 0.15) is 69.2 Å². The summed E-state index contributed by atoms with van der Waals surface area (Å²) in [7, 11) is 0. The van der Waals surface area contributed by atoms with E-state index in [1.54, 1.807) is 0 Å². The first-order valence-electron chi connectivity index (χ1n) is 10.6. The van der Waals surface area contributed by atoms with E-state index in [1.807, 2.05) is 31.2 Å². The molecule has 0 aliphatic heterocycles. The SMILES string of the molecule is CCOc1ccccc1C(=O)N(CC)CC12CC3C[C@@H](CC[C@H](C3)C1)C2. The van der Waals surface area contributed by atoms with E-state index in [0.29, 0.717) is 12.0 Å². The molecule has 3 heteroatoms. The second kappa shape index (κ2) is 7.25. The van der Waals surface area contributed by atoms with Gasteiger partial charge in [-0.25, -0.2) is 0 Å². The molecule has 4 fully saturated rings. The lowest BCUT2D eigenvalue weighted by Gasteiger charge is -2.50. The maximum absolute atomic E-state index is 13.3. The Morgan fingerprint density at radius 3 is 2.38 bits per heavy atom. The van der Waals surface area contributed by atoms with Crippen molar-refractivity contribution in [1.29, 1.82) is 0 Å². The van der Waals surface area contributed by atoms with Crippen LogP contribution < -0.4 is 4.74 Å². The van der Waals surface area contributed by atoms with Gasteiger partial charge in [-0.2, -0.15) is 0 Å². The van der Waals surface area contributed by atoms with Crippen LogP contribution in [0.4, 0.5) is 0 Å². The Bertz CT molecular complexity index is 639. The summed E-state index contributed by atoms with van der Waals surface area (Å²) in [5.41, 5.74) is 1.10. The topological polar surface area (TPSA) is 29.5 Å². The van der Waals surface area contributed by atoms with E-state index in [0.717, 1.165) is 42.2 Å². The summed E-state index contributed by atoms with van der Waals surface area (Å²) in [6.07, 6.45) is 9.79. The average molecular weight is 356 g/mol. The summed E-state index contributed by atoms with van der Waals surface area (Å²) in [5.74, 6) is 3.60. The Labute approximate surface area is 158 Å². The maximum Gasteiger partial charge on any atom is 0.257 e. The van der Waals surface area contributed by atoms with Gasteiger partial charge in [0.05, 0.1) is 12.2 Å². The molecule has 1 aromatic rings. The van der Waals surface area contributed by atoms with Gasteiger partial charge in [-0.3, -0.25) is 4.79 Å². The van der Waals surface area contributed by atoms with Crippen LogP contribution in [0.5, 0.6) is 5.75 Å². The van der Waals surface area contributed by atoms with Gasteiger partial charge >= 0.3 is 0 Å². The van der Waals surface area contributed by atoms with Gasteiger partial charge in [-0.15, -0.1) is 0 Å². The van der Waals surface area contributed by atoms with Crippen molar-refractivity contribution in [2.45, 2.75) is 58.8 Å². The van der Waals surface area contributed by atoms with Crippen molar-refractivity contribution in [3.05, 3.63) is 29.8 Å². The summed E-state index contributed by atoms with van der Waals surface area (Å²) in [6.45, 7) is 6.39. The molecule has 4 aliphatic rings. The maximum atomic E-state index is 13.3. The van der Waals surface area contributed by atoms with Crippen LogP contribution in [0.3, 0.4) is 0 Å². The zero-order valence-corrected chi connectivity index (χ0v) is 16.4. The summed E-state index contributed by atoms with van der Waals surface area (Å²) in [6, 6.07) is 7.73. The van der Waals surface area contributed by atoms with E-state index in [2.05, 4.69) is 11.8 Å². The van der Waals surface area contributed by atoms with E-state index in [4.69, 9.17) is 4.74 Å². The minimum absolute atomic E-state index is 0.144. The highest BCUT2D eigenvalue weighted by Gasteiger charge is 2.49. The van der Waals surface area contributed by atoms with Gasteiger partial charge in [0.15, 0.2) is 0 Å². The molecule has 1 aromatic carbocycles. The van der Waals surface area contributed by atoms with Gasteiger partial charge in [0.1, 0.15) is 5.75 Å². The molecule has 0 radical (unpaired) electrons. The molecule has 2 atom stereocenters. The number of carbonyl (C=O) groups is 1. The first kappa shape index (κ1) is 17.9. The van der Waals surface area contributed by atoms with Crippen LogP contribution in [0.15, 0.2) is 24.3 Å². The number of fused-ring (bicyclic) bond motifs is 1. The zero-order valence-electron chi connectivity index (χ0n) is 16.4. The first-order chi connectivity index (χ1) is 12.6. The number of nitrogens with zero attached hydrogens (tertiary/aromatic N) is 1. The molecule has 0 heterocycles. The van der Waals surface area contributed by atoms with E-state index in [9.17, 15) is 4.79 Å². The Morgan fingerprint density at radius 1 is 1.08 bits per heavy atom. The molecule has 4 aliphatic carbocycles. The van der Waals surface area contributed by atoms with E-state index in [-0.39, 0.29) is 5.91 Å². The first-order valence-corrected chi connectivity index (χ1v) is 10.6. The van der Waals surface area contributed by atoms with Crippen LogP contribution in [0.2, 0.25) is 0 Å². The van der Waals surface area contributed by atoms with E-state index in [1.165, 1.54) is 44.9 Å². The Kier molecular flexibility index (Phi) is 4.98. The van der Waals surface area contributed by atoms with E-state index < -0.39 is 0 Å². The summed E-state index contributed by atoms with van der Waals surface area (Å²) >= 11 is 0. The molecule has 0 N–H and O–H groups in total. The molecule has 5 rings (SSSR count). The number of hydrogen-bond acceptors (Lipinski definition) is 2. The van der Waals surface area contributed by atoms with Gasteiger partial charge < -0.3 is 9.64 Å².